The summed E-state index contributed by atoms with van der Waals surface area (Å²) in [7, 11) is 0. The van der Waals surface area contributed by atoms with Crippen LogP contribution in [-0.2, 0) is 0 Å². The molecule has 0 bridgehead atoms. The number of benzene rings is 1. The maximum Gasteiger partial charge on any atom is 0.252 e. The van der Waals surface area contributed by atoms with Crippen LogP contribution in [0.2, 0.25) is 0 Å². The van der Waals surface area contributed by atoms with Gasteiger partial charge in [0.05, 0.1) is 5.56 Å². The SMILES string of the molecule is O=C(NC1CCCCC1CO)c1cc(S)ccc1Br. The summed E-state index contributed by atoms with van der Waals surface area (Å²) in [5.74, 6) is 0.0729. The topological polar surface area (TPSA) is 49.3 Å². The van der Waals surface area contributed by atoms with E-state index in [2.05, 4.69) is 33.9 Å². The van der Waals surface area contributed by atoms with Crippen LogP contribution in [0.5, 0.6) is 0 Å². The van der Waals surface area contributed by atoms with Crippen molar-refractivity contribution in [3.8, 4) is 0 Å². The van der Waals surface area contributed by atoms with Crippen LogP contribution in [-0.4, -0.2) is 23.7 Å². The summed E-state index contributed by atoms with van der Waals surface area (Å²) in [6.07, 6.45) is 4.16. The Bertz CT molecular complexity index is 467. The first-order valence-corrected chi connectivity index (χ1v) is 7.76. The molecule has 2 rings (SSSR count). The van der Waals surface area contributed by atoms with Crippen LogP contribution in [0.15, 0.2) is 27.6 Å². The maximum atomic E-state index is 12.3. The number of thiol groups is 1. The summed E-state index contributed by atoms with van der Waals surface area (Å²) < 4.78 is 0.763. The van der Waals surface area contributed by atoms with Gasteiger partial charge in [-0.2, -0.15) is 0 Å². The fraction of sp³-hybridized carbons (Fsp3) is 0.500. The molecule has 2 N–H and O–H groups in total. The predicted octanol–water partition coefficient (Wildman–Crippen LogP) is 3.02. The molecule has 0 spiro atoms. The van der Waals surface area contributed by atoms with Crippen molar-refractivity contribution >= 4 is 34.5 Å². The number of hydrogen-bond donors (Lipinski definition) is 3. The van der Waals surface area contributed by atoms with Crippen molar-refractivity contribution in [2.75, 3.05) is 6.61 Å². The molecular formula is C14H18BrNO2S. The average Bonchev–Trinajstić information content (AvgIpc) is 2.42. The van der Waals surface area contributed by atoms with E-state index in [1.807, 2.05) is 12.1 Å². The fourth-order valence-electron chi connectivity index (χ4n) is 2.55. The molecule has 104 valence electrons. The summed E-state index contributed by atoms with van der Waals surface area (Å²) in [6, 6.07) is 5.48. The first-order valence-electron chi connectivity index (χ1n) is 6.52. The van der Waals surface area contributed by atoms with Gasteiger partial charge >= 0.3 is 0 Å². The lowest BCUT2D eigenvalue weighted by atomic mass is 9.85. The third kappa shape index (κ3) is 3.74. The number of carbonyl (C=O) groups excluding carboxylic acids is 1. The van der Waals surface area contributed by atoms with Crippen molar-refractivity contribution < 1.29 is 9.90 Å². The second-order valence-electron chi connectivity index (χ2n) is 4.97. The van der Waals surface area contributed by atoms with Gasteiger partial charge in [-0.15, -0.1) is 12.6 Å². The maximum absolute atomic E-state index is 12.3. The molecule has 1 amide bonds. The van der Waals surface area contributed by atoms with Gasteiger partial charge in [-0.1, -0.05) is 12.8 Å². The Labute approximate surface area is 127 Å². The molecule has 0 heterocycles. The average molecular weight is 344 g/mol. The lowest BCUT2D eigenvalue weighted by Crippen LogP contribution is -2.43. The highest BCUT2D eigenvalue weighted by molar-refractivity contribution is 9.10. The van der Waals surface area contributed by atoms with E-state index in [9.17, 15) is 9.90 Å². The minimum atomic E-state index is -0.104. The second-order valence-corrected chi connectivity index (χ2v) is 6.34. The molecule has 1 aliphatic carbocycles. The fourth-order valence-corrected chi connectivity index (χ4v) is 3.18. The van der Waals surface area contributed by atoms with E-state index in [1.54, 1.807) is 6.07 Å². The molecule has 5 heteroatoms. The molecule has 0 aliphatic heterocycles. The first kappa shape index (κ1) is 14.9. The summed E-state index contributed by atoms with van der Waals surface area (Å²) in [5, 5.41) is 12.4. The van der Waals surface area contributed by atoms with E-state index in [0.717, 1.165) is 35.1 Å². The number of halogens is 1. The van der Waals surface area contributed by atoms with Gasteiger partial charge in [0.15, 0.2) is 0 Å². The van der Waals surface area contributed by atoms with Gasteiger partial charge in [0, 0.05) is 27.9 Å². The van der Waals surface area contributed by atoms with E-state index < -0.39 is 0 Å². The van der Waals surface area contributed by atoms with Crippen LogP contribution in [0.4, 0.5) is 0 Å². The van der Waals surface area contributed by atoms with E-state index in [0.29, 0.717) is 5.56 Å². The highest BCUT2D eigenvalue weighted by Crippen LogP contribution is 2.25. The van der Waals surface area contributed by atoms with Crippen molar-refractivity contribution in [1.29, 1.82) is 0 Å². The lowest BCUT2D eigenvalue weighted by Gasteiger charge is -2.31. The summed E-state index contributed by atoms with van der Waals surface area (Å²) in [5.41, 5.74) is 0.592. The van der Waals surface area contributed by atoms with Crippen LogP contribution in [0.25, 0.3) is 0 Å². The van der Waals surface area contributed by atoms with Crippen LogP contribution in [0.3, 0.4) is 0 Å². The van der Waals surface area contributed by atoms with Crippen LogP contribution < -0.4 is 5.32 Å². The van der Waals surface area contributed by atoms with Crippen molar-refractivity contribution in [2.45, 2.75) is 36.6 Å². The van der Waals surface area contributed by atoms with Gasteiger partial charge in [-0.05, 0) is 47.0 Å². The number of aliphatic hydroxyl groups excluding tert-OH is 1. The normalized spacial score (nSPS) is 23.1. The number of rotatable bonds is 3. The highest BCUT2D eigenvalue weighted by Gasteiger charge is 2.26. The van der Waals surface area contributed by atoms with Crippen molar-refractivity contribution in [3.05, 3.63) is 28.2 Å². The highest BCUT2D eigenvalue weighted by atomic mass is 79.9. The zero-order chi connectivity index (χ0) is 13.8. The Morgan fingerprint density at radius 3 is 2.89 bits per heavy atom. The van der Waals surface area contributed by atoms with E-state index in [1.165, 1.54) is 0 Å². The first-order chi connectivity index (χ1) is 9.11. The largest absolute Gasteiger partial charge is 0.396 e. The zero-order valence-electron chi connectivity index (χ0n) is 10.6. The van der Waals surface area contributed by atoms with Gasteiger partial charge in [0.25, 0.3) is 5.91 Å². The molecule has 3 nitrogen and oxygen atoms in total. The quantitative estimate of drug-likeness (QED) is 0.739. The molecule has 1 aromatic rings. The number of nitrogens with one attached hydrogen (secondary N) is 1. The van der Waals surface area contributed by atoms with Crippen molar-refractivity contribution in [2.24, 2.45) is 5.92 Å². The van der Waals surface area contributed by atoms with Crippen molar-refractivity contribution in [3.63, 3.8) is 0 Å². The monoisotopic (exact) mass is 343 g/mol. The molecule has 2 unspecified atom stereocenters. The zero-order valence-corrected chi connectivity index (χ0v) is 13.1. The van der Waals surface area contributed by atoms with Gasteiger partial charge < -0.3 is 10.4 Å². The standard InChI is InChI=1S/C14H18BrNO2S/c15-12-6-5-10(19)7-11(12)14(18)16-13-4-2-1-3-9(13)8-17/h5-7,9,13,17,19H,1-4,8H2,(H,16,18). The molecular weight excluding hydrogens is 326 g/mol. The van der Waals surface area contributed by atoms with Gasteiger partial charge in [-0.25, -0.2) is 0 Å². The summed E-state index contributed by atoms with van der Waals surface area (Å²) >= 11 is 7.64. The Morgan fingerprint density at radius 2 is 2.16 bits per heavy atom. The third-order valence-electron chi connectivity index (χ3n) is 3.65. The molecule has 1 aliphatic rings. The molecule has 2 atom stereocenters. The van der Waals surface area contributed by atoms with Crippen LogP contribution >= 0.6 is 28.6 Å². The molecule has 0 radical (unpaired) electrons. The molecule has 1 fully saturated rings. The van der Waals surface area contributed by atoms with E-state index in [4.69, 9.17) is 0 Å². The van der Waals surface area contributed by atoms with Gasteiger partial charge in [-0.3, -0.25) is 4.79 Å². The molecule has 1 aromatic carbocycles. The minimum absolute atomic E-state index is 0.0710. The van der Waals surface area contributed by atoms with Gasteiger partial charge in [0.1, 0.15) is 0 Å². The number of amides is 1. The Hall–Kier alpha value is -0.520. The van der Waals surface area contributed by atoms with E-state index >= 15 is 0 Å². The molecule has 19 heavy (non-hydrogen) atoms. The van der Waals surface area contributed by atoms with E-state index in [-0.39, 0.29) is 24.5 Å². The predicted molar refractivity (Wildman–Crippen MR) is 81.7 cm³/mol. The Morgan fingerprint density at radius 1 is 1.42 bits per heavy atom. The van der Waals surface area contributed by atoms with Crippen molar-refractivity contribution in [1.82, 2.24) is 5.32 Å². The number of hydrogen-bond acceptors (Lipinski definition) is 3. The molecule has 1 saturated carbocycles. The minimum Gasteiger partial charge on any atom is -0.396 e. The number of carbonyl (C=O) groups is 1. The Balaban J connectivity index is 2.09. The Kier molecular flexibility index (Phi) is 5.30. The van der Waals surface area contributed by atoms with Crippen LogP contribution in [0, 0.1) is 5.92 Å². The summed E-state index contributed by atoms with van der Waals surface area (Å²) in [6.45, 7) is 0.138. The smallest absolute Gasteiger partial charge is 0.252 e. The summed E-state index contributed by atoms with van der Waals surface area (Å²) in [4.78, 5) is 13.1. The second kappa shape index (κ2) is 6.77. The molecule has 0 aromatic heterocycles. The van der Waals surface area contributed by atoms with Gasteiger partial charge in [0.2, 0.25) is 0 Å². The molecule has 0 saturated heterocycles. The third-order valence-corrected chi connectivity index (χ3v) is 4.62. The lowest BCUT2D eigenvalue weighted by molar-refractivity contribution is 0.0871. The number of aliphatic hydroxyl groups is 1. The van der Waals surface area contributed by atoms with Crippen LogP contribution in [0.1, 0.15) is 36.0 Å².